The third kappa shape index (κ3) is 6.52. The number of carbonyl (C=O) groups is 1. The highest BCUT2D eigenvalue weighted by atomic mass is 16.3. The first-order valence-corrected chi connectivity index (χ1v) is 4.84. The van der Waals surface area contributed by atoms with E-state index in [-0.39, 0.29) is 0 Å². The Morgan fingerprint density at radius 1 is 1.54 bits per heavy atom. The average molecular weight is 184 g/mol. The second-order valence-electron chi connectivity index (χ2n) is 3.98. The Balaban J connectivity index is 3.92. The van der Waals surface area contributed by atoms with Gasteiger partial charge in [-0.15, -0.1) is 0 Å². The lowest BCUT2D eigenvalue weighted by molar-refractivity contribution is -0.104. The molecule has 2 unspecified atom stereocenters. The standard InChI is InChI=1S/C11H20O2/c1-4-10(2)9-11(3,13)7-5-6-8-12/h5-6,8,10,13H,4,7,9H2,1-3H3. The molecule has 0 aromatic heterocycles. The molecule has 0 bridgehead atoms. The van der Waals surface area contributed by atoms with E-state index in [0.29, 0.717) is 12.3 Å². The summed E-state index contributed by atoms with van der Waals surface area (Å²) in [6.45, 7) is 6.05. The van der Waals surface area contributed by atoms with Gasteiger partial charge in [-0.25, -0.2) is 0 Å². The van der Waals surface area contributed by atoms with Crippen LogP contribution in [0.3, 0.4) is 0 Å². The Hall–Kier alpha value is -0.630. The minimum absolute atomic E-state index is 0.527. The number of rotatable bonds is 6. The molecule has 0 radical (unpaired) electrons. The van der Waals surface area contributed by atoms with Gasteiger partial charge in [0.25, 0.3) is 0 Å². The van der Waals surface area contributed by atoms with Gasteiger partial charge in [-0.1, -0.05) is 26.3 Å². The molecule has 2 heteroatoms. The summed E-state index contributed by atoms with van der Waals surface area (Å²) in [5.41, 5.74) is -0.672. The zero-order valence-electron chi connectivity index (χ0n) is 8.79. The van der Waals surface area contributed by atoms with Gasteiger partial charge in [0, 0.05) is 0 Å². The first-order chi connectivity index (χ1) is 6.02. The van der Waals surface area contributed by atoms with Crippen molar-refractivity contribution in [1.82, 2.24) is 0 Å². The van der Waals surface area contributed by atoms with Crippen molar-refractivity contribution in [2.45, 2.75) is 45.6 Å². The first-order valence-electron chi connectivity index (χ1n) is 4.84. The molecular weight excluding hydrogens is 164 g/mol. The van der Waals surface area contributed by atoms with E-state index in [4.69, 9.17) is 0 Å². The summed E-state index contributed by atoms with van der Waals surface area (Å²) in [7, 11) is 0. The molecule has 0 aliphatic carbocycles. The second-order valence-corrected chi connectivity index (χ2v) is 3.98. The number of carbonyl (C=O) groups excluding carboxylic acids is 1. The monoisotopic (exact) mass is 184 g/mol. The molecule has 0 aliphatic heterocycles. The smallest absolute Gasteiger partial charge is 0.142 e. The molecule has 0 fully saturated rings. The molecule has 76 valence electrons. The second kappa shape index (κ2) is 5.92. The van der Waals surface area contributed by atoms with Crippen molar-refractivity contribution in [1.29, 1.82) is 0 Å². The fourth-order valence-corrected chi connectivity index (χ4v) is 1.36. The predicted molar refractivity (Wildman–Crippen MR) is 54.5 cm³/mol. The van der Waals surface area contributed by atoms with Crippen LogP contribution in [0.2, 0.25) is 0 Å². The van der Waals surface area contributed by atoms with E-state index in [1.54, 1.807) is 6.08 Å². The number of allylic oxidation sites excluding steroid dienone is 1. The van der Waals surface area contributed by atoms with Crippen LogP contribution in [0, 0.1) is 5.92 Å². The largest absolute Gasteiger partial charge is 0.390 e. The normalized spacial score (nSPS) is 18.5. The molecular formula is C11H20O2. The molecule has 0 rings (SSSR count). The van der Waals surface area contributed by atoms with E-state index >= 15 is 0 Å². The Kier molecular flexibility index (Phi) is 5.63. The van der Waals surface area contributed by atoms with Crippen LogP contribution >= 0.6 is 0 Å². The molecule has 0 aromatic carbocycles. The molecule has 0 aliphatic rings. The summed E-state index contributed by atoms with van der Waals surface area (Å²) in [5, 5.41) is 9.88. The van der Waals surface area contributed by atoms with Gasteiger partial charge in [0.05, 0.1) is 5.60 Å². The summed E-state index contributed by atoms with van der Waals surface area (Å²) >= 11 is 0. The lowest BCUT2D eigenvalue weighted by Crippen LogP contribution is -2.25. The summed E-state index contributed by atoms with van der Waals surface area (Å²) in [5.74, 6) is 0.527. The molecule has 0 spiro atoms. The minimum atomic E-state index is -0.672. The summed E-state index contributed by atoms with van der Waals surface area (Å²) in [6, 6.07) is 0. The van der Waals surface area contributed by atoms with Gasteiger partial charge >= 0.3 is 0 Å². The van der Waals surface area contributed by atoms with Crippen LogP contribution in [0.5, 0.6) is 0 Å². The Morgan fingerprint density at radius 2 is 2.15 bits per heavy atom. The molecule has 0 saturated heterocycles. The van der Waals surface area contributed by atoms with E-state index in [1.807, 2.05) is 6.92 Å². The van der Waals surface area contributed by atoms with Crippen LogP contribution in [0.25, 0.3) is 0 Å². The summed E-state index contributed by atoms with van der Waals surface area (Å²) < 4.78 is 0. The van der Waals surface area contributed by atoms with Gasteiger partial charge in [0.1, 0.15) is 6.29 Å². The number of aliphatic hydroxyl groups is 1. The van der Waals surface area contributed by atoms with Crippen LogP contribution in [0.4, 0.5) is 0 Å². The predicted octanol–water partition coefficient (Wildman–Crippen LogP) is 2.32. The van der Waals surface area contributed by atoms with Crippen molar-refractivity contribution < 1.29 is 9.90 Å². The van der Waals surface area contributed by atoms with Crippen molar-refractivity contribution >= 4 is 6.29 Å². The molecule has 2 atom stereocenters. The van der Waals surface area contributed by atoms with Crippen LogP contribution in [-0.4, -0.2) is 17.0 Å². The van der Waals surface area contributed by atoms with Crippen LogP contribution in [0.15, 0.2) is 12.2 Å². The topological polar surface area (TPSA) is 37.3 Å². The minimum Gasteiger partial charge on any atom is -0.390 e. The highest BCUT2D eigenvalue weighted by Gasteiger charge is 2.20. The van der Waals surface area contributed by atoms with E-state index in [0.717, 1.165) is 19.1 Å². The summed E-state index contributed by atoms with van der Waals surface area (Å²) in [6.07, 6.45) is 6.30. The molecule has 2 nitrogen and oxygen atoms in total. The number of aldehydes is 1. The van der Waals surface area contributed by atoms with Gasteiger partial charge in [0.15, 0.2) is 0 Å². The van der Waals surface area contributed by atoms with Gasteiger partial charge in [-0.05, 0) is 31.8 Å². The Labute approximate surface area is 80.7 Å². The van der Waals surface area contributed by atoms with E-state index in [1.165, 1.54) is 6.08 Å². The molecule has 1 N–H and O–H groups in total. The van der Waals surface area contributed by atoms with Crippen LogP contribution in [0.1, 0.15) is 40.0 Å². The maximum Gasteiger partial charge on any atom is 0.142 e. The third-order valence-corrected chi connectivity index (χ3v) is 2.26. The molecule has 0 heterocycles. The SMILES string of the molecule is CCC(C)CC(C)(O)CC=CC=O. The van der Waals surface area contributed by atoms with Gasteiger partial charge < -0.3 is 5.11 Å². The Bertz CT molecular complexity index is 171. The van der Waals surface area contributed by atoms with Gasteiger partial charge in [0.2, 0.25) is 0 Å². The number of hydrogen-bond acceptors (Lipinski definition) is 2. The zero-order chi connectivity index (χ0) is 10.3. The van der Waals surface area contributed by atoms with Crippen LogP contribution in [-0.2, 0) is 4.79 Å². The van der Waals surface area contributed by atoms with Gasteiger partial charge in [-0.2, -0.15) is 0 Å². The lowest BCUT2D eigenvalue weighted by atomic mass is 9.89. The van der Waals surface area contributed by atoms with Crippen molar-refractivity contribution in [3.05, 3.63) is 12.2 Å². The fraction of sp³-hybridized carbons (Fsp3) is 0.727. The van der Waals surface area contributed by atoms with Crippen molar-refractivity contribution in [2.24, 2.45) is 5.92 Å². The first kappa shape index (κ1) is 12.4. The molecule has 13 heavy (non-hydrogen) atoms. The molecule has 0 amide bonds. The van der Waals surface area contributed by atoms with Gasteiger partial charge in [-0.3, -0.25) is 4.79 Å². The maximum atomic E-state index is 10.0. The van der Waals surface area contributed by atoms with Crippen molar-refractivity contribution in [2.75, 3.05) is 0 Å². The van der Waals surface area contributed by atoms with Crippen molar-refractivity contribution in [3.63, 3.8) is 0 Å². The fourth-order valence-electron chi connectivity index (χ4n) is 1.36. The lowest BCUT2D eigenvalue weighted by Gasteiger charge is -2.24. The zero-order valence-corrected chi connectivity index (χ0v) is 8.79. The Morgan fingerprint density at radius 3 is 2.62 bits per heavy atom. The average Bonchev–Trinajstić information content (AvgIpc) is 2.03. The highest BCUT2D eigenvalue weighted by molar-refractivity contribution is 5.64. The quantitative estimate of drug-likeness (QED) is 0.508. The molecule has 0 saturated carbocycles. The third-order valence-electron chi connectivity index (χ3n) is 2.26. The molecule has 0 aromatic rings. The van der Waals surface area contributed by atoms with E-state index < -0.39 is 5.60 Å². The summed E-state index contributed by atoms with van der Waals surface area (Å²) in [4.78, 5) is 10.0. The van der Waals surface area contributed by atoms with E-state index in [2.05, 4.69) is 13.8 Å². The number of hydrogen-bond donors (Lipinski definition) is 1. The van der Waals surface area contributed by atoms with Crippen LogP contribution < -0.4 is 0 Å². The van der Waals surface area contributed by atoms with E-state index in [9.17, 15) is 9.90 Å². The highest BCUT2D eigenvalue weighted by Crippen LogP contribution is 2.22. The van der Waals surface area contributed by atoms with Crippen molar-refractivity contribution in [3.8, 4) is 0 Å². The maximum absolute atomic E-state index is 10.0.